The number of hydrogen-bond donors (Lipinski definition) is 1. The minimum atomic E-state index is 0.888. The molecule has 1 unspecified atom stereocenters. The highest BCUT2D eigenvalue weighted by molar-refractivity contribution is 5.18. The lowest BCUT2D eigenvalue weighted by molar-refractivity contribution is 0.337. The van der Waals surface area contributed by atoms with Gasteiger partial charge in [-0.25, -0.2) is 4.98 Å². The number of imidazole rings is 1. The molecule has 106 valence electrons. The normalized spacial score (nSPS) is 24.4. The topological polar surface area (TPSA) is 28.7 Å². The summed E-state index contributed by atoms with van der Waals surface area (Å²) in [7, 11) is 0. The molecule has 3 rings (SSSR count). The summed E-state index contributed by atoms with van der Waals surface area (Å²) >= 11 is 0. The number of rotatable bonds is 4. The van der Waals surface area contributed by atoms with Crippen molar-refractivity contribution >= 4 is 0 Å². The number of aryl methyl sites for hydroxylation is 2. The van der Waals surface area contributed by atoms with Crippen molar-refractivity contribution < 1.29 is 0 Å². The van der Waals surface area contributed by atoms with Crippen molar-refractivity contribution in [3.63, 3.8) is 0 Å². The Kier molecular flexibility index (Phi) is 4.24. The highest BCUT2D eigenvalue weighted by Gasteiger charge is 2.21. The van der Waals surface area contributed by atoms with E-state index in [2.05, 4.69) is 11.9 Å². The molecule has 19 heavy (non-hydrogen) atoms. The van der Waals surface area contributed by atoms with Crippen molar-refractivity contribution in [1.29, 1.82) is 0 Å². The van der Waals surface area contributed by atoms with E-state index < -0.39 is 0 Å². The average molecular weight is 260 g/mol. The molecule has 0 spiro atoms. The molecule has 2 nitrogen and oxygen atoms in total. The lowest BCUT2D eigenvalue weighted by Crippen LogP contribution is -2.12. The molecule has 0 saturated heterocycles. The molecule has 1 fully saturated rings. The van der Waals surface area contributed by atoms with Crippen LogP contribution < -0.4 is 0 Å². The van der Waals surface area contributed by atoms with Crippen molar-refractivity contribution in [3.8, 4) is 0 Å². The maximum absolute atomic E-state index is 4.85. The molecule has 1 saturated carbocycles. The number of aromatic nitrogens is 2. The molecule has 0 radical (unpaired) electrons. The van der Waals surface area contributed by atoms with E-state index in [1.807, 2.05) is 0 Å². The molecule has 2 aliphatic carbocycles. The van der Waals surface area contributed by atoms with Crippen LogP contribution in [0.3, 0.4) is 0 Å². The minimum Gasteiger partial charge on any atom is -0.346 e. The lowest BCUT2D eigenvalue weighted by Gasteiger charge is -2.20. The minimum absolute atomic E-state index is 0.888. The number of nitrogens with zero attached hydrogens (tertiary/aromatic N) is 1. The first-order chi connectivity index (χ1) is 9.35. The third-order valence-corrected chi connectivity index (χ3v) is 5.29. The van der Waals surface area contributed by atoms with Gasteiger partial charge in [0.1, 0.15) is 5.82 Å². The predicted molar refractivity (Wildman–Crippen MR) is 79.3 cm³/mol. The summed E-state index contributed by atoms with van der Waals surface area (Å²) in [5, 5.41) is 0. The van der Waals surface area contributed by atoms with Crippen molar-refractivity contribution in [2.75, 3.05) is 0 Å². The van der Waals surface area contributed by atoms with Crippen molar-refractivity contribution in [3.05, 3.63) is 17.2 Å². The Hall–Kier alpha value is -0.790. The van der Waals surface area contributed by atoms with Gasteiger partial charge in [-0.1, -0.05) is 45.4 Å². The van der Waals surface area contributed by atoms with Crippen LogP contribution in [0.25, 0.3) is 0 Å². The fourth-order valence-corrected chi connectivity index (χ4v) is 3.90. The number of fused-ring (bicyclic) bond motifs is 1. The largest absolute Gasteiger partial charge is 0.346 e. The number of hydrogen-bond acceptors (Lipinski definition) is 1. The van der Waals surface area contributed by atoms with Crippen LogP contribution in [0.1, 0.15) is 75.5 Å². The molecule has 1 N–H and O–H groups in total. The summed E-state index contributed by atoms with van der Waals surface area (Å²) in [6.07, 6.45) is 14.9. The summed E-state index contributed by atoms with van der Waals surface area (Å²) in [6, 6.07) is 0. The zero-order chi connectivity index (χ0) is 13.1. The maximum Gasteiger partial charge on any atom is 0.106 e. The van der Waals surface area contributed by atoms with Gasteiger partial charge in [0, 0.05) is 12.1 Å². The second kappa shape index (κ2) is 6.11. The average Bonchev–Trinajstić information content (AvgIpc) is 2.88. The van der Waals surface area contributed by atoms with Crippen molar-refractivity contribution in [2.24, 2.45) is 11.8 Å². The number of aromatic amines is 1. The van der Waals surface area contributed by atoms with Gasteiger partial charge in [-0.2, -0.15) is 0 Å². The molecule has 1 aromatic rings. The van der Waals surface area contributed by atoms with Crippen molar-refractivity contribution in [1.82, 2.24) is 9.97 Å². The molecule has 1 atom stereocenters. The Morgan fingerprint density at radius 1 is 1.11 bits per heavy atom. The Morgan fingerprint density at radius 3 is 2.74 bits per heavy atom. The van der Waals surface area contributed by atoms with Crippen LogP contribution in [0.4, 0.5) is 0 Å². The van der Waals surface area contributed by atoms with Gasteiger partial charge in [-0.05, 0) is 37.5 Å². The van der Waals surface area contributed by atoms with Gasteiger partial charge in [0.25, 0.3) is 0 Å². The molecule has 0 aliphatic heterocycles. The third-order valence-electron chi connectivity index (χ3n) is 5.29. The molecule has 0 aromatic carbocycles. The van der Waals surface area contributed by atoms with E-state index >= 15 is 0 Å². The molecule has 2 aliphatic rings. The molecule has 1 heterocycles. The summed E-state index contributed by atoms with van der Waals surface area (Å²) < 4.78 is 0. The summed E-state index contributed by atoms with van der Waals surface area (Å²) in [5.74, 6) is 3.13. The standard InChI is InChI=1S/C17H28N2/c1-2-13-8-10-15-16(12-13)19-17(18-15)11-9-14-6-4-3-5-7-14/h13-14H,2-12H2,1H3,(H,18,19). The zero-order valence-electron chi connectivity index (χ0n) is 12.4. The summed E-state index contributed by atoms with van der Waals surface area (Å²) in [4.78, 5) is 8.47. The lowest BCUT2D eigenvalue weighted by atomic mass is 9.86. The van der Waals surface area contributed by atoms with E-state index in [1.165, 1.54) is 87.8 Å². The predicted octanol–water partition coefficient (Wildman–Crippen LogP) is 4.44. The van der Waals surface area contributed by atoms with E-state index in [-0.39, 0.29) is 0 Å². The summed E-state index contributed by atoms with van der Waals surface area (Å²) in [6.45, 7) is 2.32. The van der Waals surface area contributed by atoms with E-state index in [0.29, 0.717) is 0 Å². The SMILES string of the molecule is CCC1CCc2nc(CCC3CCCCC3)[nH]c2C1. The third kappa shape index (κ3) is 3.21. The molecule has 1 aromatic heterocycles. The fraction of sp³-hybridized carbons (Fsp3) is 0.824. The van der Waals surface area contributed by atoms with Crippen LogP contribution in [-0.4, -0.2) is 9.97 Å². The van der Waals surface area contributed by atoms with Crippen LogP contribution in [0.2, 0.25) is 0 Å². The molecule has 0 amide bonds. The Morgan fingerprint density at radius 2 is 1.95 bits per heavy atom. The Balaban J connectivity index is 1.55. The molecular formula is C17H28N2. The van der Waals surface area contributed by atoms with Crippen molar-refractivity contribution in [2.45, 2.75) is 77.6 Å². The van der Waals surface area contributed by atoms with Crippen LogP contribution >= 0.6 is 0 Å². The van der Waals surface area contributed by atoms with Gasteiger partial charge in [0.05, 0.1) is 5.69 Å². The van der Waals surface area contributed by atoms with Gasteiger partial charge < -0.3 is 4.98 Å². The van der Waals surface area contributed by atoms with Gasteiger partial charge in [-0.3, -0.25) is 0 Å². The zero-order valence-corrected chi connectivity index (χ0v) is 12.4. The van der Waals surface area contributed by atoms with Gasteiger partial charge in [0.15, 0.2) is 0 Å². The van der Waals surface area contributed by atoms with E-state index in [4.69, 9.17) is 4.98 Å². The van der Waals surface area contributed by atoms with Gasteiger partial charge in [-0.15, -0.1) is 0 Å². The fourth-order valence-electron chi connectivity index (χ4n) is 3.90. The first-order valence-corrected chi connectivity index (χ1v) is 8.41. The highest BCUT2D eigenvalue weighted by Crippen LogP contribution is 2.29. The van der Waals surface area contributed by atoms with Crippen LogP contribution in [0.5, 0.6) is 0 Å². The molecule has 2 heteroatoms. The Bertz CT molecular complexity index is 401. The van der Waals surface area contributed by atoms with Gasteiger partial charge >= 0.3 is 0 Å². The van der Waals surface area contributed by atoms with E-state index in [0.717, 1.165) is 11.8 Å². The van der Waals surface area contributed by atoms with Gasteiger partial charge in [0.2, 0.25) is 0 Å². The monoisotopic (exact) mass is 260 g/mol. The first-order valence-electron chi connectivity index (χ1n) is 8.41. The smallest absolute Gasteiger partial charge is 0.106 e. The second-order valence-electron chi connectivity index (χ2n) is 6.67. The summed E-state index contributed by atoms with van der Waals surface area (Å²) in [5.41, 5.74) is 2.83. The first kappa shape index (κ1) is 13.2. The number of nitrogens with one attached hydrogen (secondary N) is 1. The van der Waals surface area contributed by atoms with E-state index in [1.54, 1.807) is 0 Å². The molecule has 0 bridgehead atoms. The van der Waals surface area contributed by atoms with E-state index in [9.17, 15) is 0 Å². The quantitative estimate of drug-likeness (QED) is 0.852. The van der Waals surface area contributed by atoms with Crippen LogP contribution in [0, 0.1) is 11.8 Å². The highest BCUT2D eigenvalue weighted by atomic mass is 14.9. The Labute approximate surface area is 117 Å². The maximum atomic E-state index is 4.85. The number of H-pyrrole nitrogens is 1. The van der Waals surface area contributed by atoms with Crippen LogP contribution in [-0.2, 0) is 19.3 Å². The second-order valence-corrected chi connectivity index (χ2v) is 6.67. The van der Waals surface area contributed by atoms with Crippen LogP contribution in [0.15, 0.2) is 0 Å². The molecular weight excluding hydrogens is 232 g/mol.